The fourth-order valence-corrected chi connectivity index (χ4v) is 3.25. The predicted octanol–water partition coefficient (Wildman–Crippen LogP) is 2.56. The van der Waals surface area contributed by atoms with Crippen LogP contribution in [0.4, 0.5) is 0 Å². The summed E-state index contributed by atoms with van der Waals surface area (Å²) in [5.41, 5.74) is 0.426. The van der Waals surface area contributed by atoms with Crippen molar-refractivity contribution in [2.75, 3.05) is 13.1 Å². The molecule has 5 heteroatoms. The predicted molar refractivity (Wildman–Crippen MR) is 101 cm³/mol. The Hall–Kier alpha value is -2.58. The number of imidazole rings is 1. The molecule has 26 heavy (non-hydrogen) atoms. The fraction of sp³-hybridized carbons (Fsp3) is 0.429. The van der Waals surface area contributed by atoms with Crippen LogP contribution in [0.2, 0.25) is 0 Å². The molecular weight excluding hydrogens is 326 g/mol. The van der Waals surface area contributed by atoms with Gasteiger partial charge in [-0.25, -0.2) is 4.98 Å². The van der Waals surface area contributed by atoms with Crippen LogP contribution in [0, 0.1) is 11.8 Å². The number of rotatable bonds is 2. The maximum atomic E-state index is 12.9. The first-order valence-electron chi connectivity index (χ1n) is 8.95. The average Bonchev–Trinajstić information content (AvgIpc) is 3.05. The third-order valence-corrected chi connectivity index (χ3v) is 4.58. The fourth-order valence-electron chi connectivity index (χ4n) is 3.25. The van der Waals surface area contributed by atoms with Crippen LogP contribution in [0.5, 0.6) is 0 Å². The number of aryl methyl sites for hydroxylation is 1. The first kappa shape index (κ1) is 18.2. The van der Waals surface area contributed by atoms with Gasteiger partial charge in [0, 0.05) is 49.6 Å². The van der Waals surface area contributed by atoms with Gasteiger partial charge in [0.05, 0.1) is 0 Å². The molecule has 1 fully saturated rings. The molecule has 1 aromatic carbocycles. The molecule has 136 valence electrons. The van der Waals surface area contributed by atoms with E-state index < -0.39 is 5.60 Å². The summed E-state index contributed by atoms with van der Waals surface area (Å²) in [6, 6.07) is 7.26. The molecule has 1 aromatic heterocycles. The molecule has 0 aliphatic carbocycles. The van der Waals surface area contributed by atoms with E-state index in [0.29, 0.717) is 12.1 Å². The van der Waals surface area contributed by atoms with E-state index >= 15 is 0 Å². The SMILES string of the molecule is Cn1ccnc1[C@H]1CCCN(C(=O)c2ccc(C#CC(C)(C)O)cc2)C1. The number of aliphatic hydroxyl groups is 1. The van der Waals surface area contributed by atoms with Gasteiger partial charge in [-0.1, -0.05) is 11.8 Å². The number of hydrogen-bond donors (Lipinski definition) is 1. The van der Waals surface area contributed by atoms with Crippen molar-refractivity contribution in [2.45, 2.75) is 38.2 Å². The number of carbonyl (C=O) groups excluding carboxylic acids is 1. The van der Waals surface area contributed by atoms with Gasteiger partial charge in [0.1, 0.15) is 11.4 Å². The second-order valence-corrected chi connectivity index (χ2v) is 7.37. The van der Waals surface area contributed by atoms with Gasteiger partial charge in [-0.05, 0) is 51.0 Å². The third-order valence-electron chi connectivity index (χ3n) is 4.58. The first-order chi connectivity index (χ1) is 12.3. The number of aromatic nitrogens is 2. The zero-order chi connectivity index (χ0) is 18.7. The van der Waals surface area contributed by atoms with Crippen LogP contribution < -0.4 is 0 Å². The lowest BCUT2D eigenvalue weighted by Gasteiger charge is -2.32. The number of nitrogens with zero attached hydrogens (tertiary/aromatic N) is 3. The minimum atomic E-state index is -1.03. The summed E-state index contributed by atoms with van der Waals surface area (Å²) < 4.78 is 2.04. The maximum absolute atomic E-state index is 12.9. The summed E-state index contributed by atoms with van der Waals surface area (Å²) >= 11 is 0. The van der Waals surface area contributed by atoms with Crippen LogP contribution in [0.1, 0.15) is 54.4 Å². The Morgan fingerprint density at radius 1 is 1.31 bits per heavy atom. The third kappa shape index (κ3) is 4.33. The van der Waals surface area contributed by atoms with Crippen LogP contribution in [0.3, 0.4) is 0 Å². The summed E-state index contributed by atoms with van der Waals surface area (Å²) in [6.45, 7) is 4.77. The van der Waals surface area contributed by atoms with E-state index in [1.54, 1.807) is 26.0 Å². The molecule has 1 atom stereocenters. The van der Waals surface area contributed by atoms with Crippen LogP contribution in [-0.4, -0.2) is 44.2 Å². The van der Waals surface area contributed by atoms with Gasteiger partial charge in [0.2, 0.25) is 0 Å². The summed E-state index contributed by atoms with van der Waals surface area (Å²) in [5, 5.41) is 9.67. The van der Waals surface area contributed by atoms with Crippen molar-refractivity contribution in [3.8, 4) is 11.8 Å². The highest BCUT2D eigenvalue weighted by molar-refractivity contribution is 5.94. The lowest BCUT2D eigenvalue weighted by Crippen LogP contribution is -2.39. The van der Waals surface area contributed by atoms with Gasteiger partial charge in [0.15, 0.2) is 0 Å². The highest BCUT2D eigenvalue weighted by Gasteiger charge is 2.27. The van der Waals surface area contributed by atoms with Crippen LogP contribution >= 0.6 is 0 Å². The smallest absolute Gasteiger partial charge is 0.253 e. The molecule has 3 rings (SSSR count). The molecule has 0 bridgehead atoms. The van der Waals surface area contributed by atoms with E-state index in [4.69, 9.17) is 0 Å². The van der Waals surface area contributed by atoms with Crippen molar-refractivity contribution in [3.05, 3.63) is 53.6 Å². The summed E-state index contributed by atoms with van der Waals surface area (Å²) in [6.07, 6.45) is 5.80. The van der Waals surface area contributed by atoms with E-state index in [1.165, 1.54) is 0 Å². The second kappa shape index (κ2) is 7.35. The van der Waals surface area contributed by atoms with E-state index in [-0.39, 0.29) is 11.8 Å². The molecular formula is C21H25N3O2. The van der Waals surface area contributed by atoms with Crippen LogP contribution in [-0.2, 0) is 7.05 Å². The molecule has 0 saturated carbocycles. The number of carbonyl (C=O) groups is 1. The zero-order valence-electron chi connectivity index (χ0n) is 15.6. The minimum Gasteiger partial charge on any atom is -0.378 e. The lowest BCUT2D eigenvalue weighted by molar-refractivity contribution is 0.0703. The molecule has 1 aliphatic heterocycles. The molecule has 1 N–H and O–H groups in total. The molecule has 0 spiro atoms. The Kier molecular flexibility index (Phi) is 5.15. The van der Waals surface area contributed by atoms with Crippen molar-refractivity contribution < 1.29 is 9.90 Å². The molecule has 5 nitrogen and oxygen atoms in total. The quantitative estimate of drug-likeness (QED) is 0.846. The number of likely N-dealkylation sites (tertiary alicyclic amines) is 1. The highest BCUT2D eigenvalue weighted by Crippen LogP contribution is 2.26. The zero-order valence-corrected chi connectivity index (χ0v) is 15.6. The standard InChI is InChI=1S/C21H25N3O2/c1-21(2,26)11-10-16-6-8-17(9-7-16)20(25)24-13-4-5-18(15-24)19-22-12-14-23(19)3/h6-9,12,14,18,26H,4-5,13,15H2,1-3H3/t18-/m0/s1. The van der Waals surface area contributed by atoms with E-state index in [0.717, 1.165) is 30.8 Å². The number of piperidine rings is 1. The summed E-state index contributed by atoms with van der Waals surface area (Å²) in [4.78, 5) is 19.2. The van der Waals surface area contributed by atoms with Gasteiger partial charge < -0.3 is 14.6 Å². The highest BCUT2D eigenvalue weighted by atomic mass is 16.3. The number of benzene rings is 1. The van der Waals surface area contributed by atoms with Gasteiger partial charge in [-0.15, -0.1) is 0 Å². The molecule has 1 aliphatic rings. The molecule has 1 saturated heterocycles. The van der Waals surface area contributed by atoms with E-state index in [9.17, 15) is 9.90 Å². The van der Waals surface area contributed by atoms with Gasteiger partial charge in [0.25, 0.3) is 5.91 Å². The molecule has 0 unspecified atom stereocenters. The first-order valence-corrected chi connectivity index (χ1v) is 8.95. The van der Waals surface area contributed by atoms with Gasteiger partial charge >= 0.3 is 0 Å². The van der Waals surface area contributed by atoms with Crippen LogP contribution in [0.25, 0.3) is 0 Å². The van der Waals surface area contributed by atoms with Crippen molar-refractivity contribution >= 4 is 5.91 Å². The largest absolute Gasteiger partial charge is 0.378 e. The molecule has 0 radical (unpaired) electrons. The maximum Gasteiger partial charge on any atom is 0.253 e. The lowest BCUT2D eigenvalue weighted by atomic mass is 9.96. The van der Waals surface area contributed by atoms with Gasteiger partial charge in [-0.3, -0.25) is 4.79 Å². The van der Waals surface area contributed by atoms with E-state index in [2.05, 4.69) is 16.8 Å². The average molecular weight is 351 g/mol. The Labute approximate surface area is 154 Å². The van der Waals surface area contributed by atoms with Crippen molar-refractivity contribution in [1.29, 1.82) is 0 Å². The van der Waals surface area contributed by atoms with Gasteiger partial charge in [-0.2, -0.15) is 0 Å². The Bertz CT molecular complexity index is 835. The topological polar surface area (TPSA) is 58.4 Å². The monoisotopic (exact) mass is 351 g/mol. The van der Waals surface area contributed by atoms with Crippen LogP contribution in [0.15, 0.2) is 36.7 Å². The number of hydrogen-bond acceptors (Lipinski definition) is 3. The van der Waals surface area contributed by atoms with Crippen molar-refractivity contribution in [3.63, 3.8) is 0 Å². The summed E-state index contributed by atoms with van der Waals surface area (Å²) in [5.74, 6) is 7.07. The molecule has 1 amide bonds. The Morgan fingerprint density at radius 2 is 2.04 bits per heavy atom. The molecule has 2 aromatic rings. The molecule has 2 heterocycles. The normalized spacial score (nSPS) is 17.5. The van der Waals surface area contributed by atoms with E-state index in [1.807, 2.05) is 41.0 Å². The Balaban J connectivity index is 1.70. The van der Waals surface area contributed by atoms with Crippen molar-refractivity contribution in [1.82, 2.24) is 14.5 Å². The second-order valence-electron chi connectivity index (χ2n) is 7.37. The summed E-state index contributed by atoms with van der Waals surface area (Å²) in [7, 11) is 2.00. The van der Waals surface area contributed by atoms with Crippen molar-refractivity contribution in [2.24, 2.45) is 7.05 Å². The minimum absolute atomic E-state index is 0.0471. The number of amides is 1. The Morgan fingerprint density at radius 3 is 2.65 bits per heavy atom.